The van der Waals surface area contributed by atoms with Gasteiger partial charge in [0.15, 0.2) is 0 Å². The Morgan fingerprint density at radius 3 is 2.72 bits per heavy atom. The van der Waals surface area contributed by atoms with E-state index in [1.54, 1.807) is 0 Å². The standard InChI is InChI=1S/C13H23N3O2/c17-13-15-6-12(18-13)9-16(7-10-3-4-10)8-11-2-1-5-14-11/h10-12,14H,1-9H2,(H,15,17). The Morgan fingerprint density at radius 2 is 2.11 bits per heavy atom. The summed E-state index contributed by atoms with van der Waals surface area (Å²) in [5, 5.41) is 6.28. The van der Waals surface area contributed by atoms with Crippen LogP contribution in [0.15, 0.2) is 0 Å². The van der Waals surface area contributed by atoms with Gasteiger partial charge in [-0.1, -0.05) is 0 Å². The Hall–Kier alpha value is -0.810. The molecule has 1 saturated carbocycles. The van der Waals surface area contributed by atoms with Crippen LogP contribution < -0.4 is 10.6 Å². The van der Waals surface area contributed by atoms with Gasteiger partial charge in [-0.2, -0.15) is 0 Å². The van der Waals surface area contributed by atoms with Crippen LogP contribution in [0.2, 0.25) is 0 Å². The Labute approximate surface area is 108 Å². The summed E-state index contributed by atoms with van der Waals surface area (Å²) in [6.45, 7) is 4.98. The monoisotopic (exact) mass is 253 g/mol. The summed E-state index contributed by atoms with van der Waals surface area (Å²) >= 11 is 0. The minimum absolute atomic E-state index is 0.0395. The van der Waals surface area contributed by atoms with Gasteiger partial charge in [-0.05, 0) is 38.1 Å². The van der Waals surface area contributed by atoms with Crippen LogP contribution in [-0.2, 0) is 4.74 Å². The number of ether oxygens (including phenoxy) is 1. The topological polar surface area (TPSA) is 53.6 Å². The number of rotatable bonds is 6. The highest BCUT2D eigenvalue weighted by atomic mass is 16.6. The number of cyclic esters (lactones) is 1. The minimum Gasteiger partial charge on any atom is -0.443 e. The fourth-order valence-electron chi connectivity index (χ4n) is 2.94. The highest BCUT2D eigenvalue weighted by molar-refractivity contribution is 5.69. The van der Waals surface area contributed by atoms with Crippen molar-refractivity contribution in [3.8, 4) is 0 Å². The molecule has 2 N–H and O–H groups in total. The fourth-order valence-corrected chi connectivity index (χ4v) is 2.94. The van der Waals surface area contributed by atoms with Crippen LogP contribution in [0, 0.1) is 5.92 Å². The molecule has 0 radical (unpaired) electrons. The molecule has 0 aromatic rings. The van der Waals surface area contributed by atoms with E-state index in [0.29, 0.717) is 12.6 Å². The Bertz CT molecular complexity index is 301. The predicted octanol–water partition coefficient (Wildman–Crippen LogP) is 0.559. The van der Waals surface area contributed by atoms with Gasteiger partial charge in [-0.3, -0.25) is 4.90 Å². The first-order valence-electron chi connectivity index (χ1n) is 7.20. The molecule has 18 heavy (non-hydrogen) atoms. The predicted molar refractivity (Wildman–Crippen MR) is 68.5 cm³/mol. The van der Waals surface area contributed by atoms with Crippen molar-refractivity contribution in [1.82, 2.24) is 15.5 Å². The van der Waals surface area contributed by atoms with Crippen LogP contribution in [0.3, 0.4) is 0 Å². The maximum absolute atomic E-state index is 11.0. The van der Waals surface area contributed by atoms with Gasteiger partial charge in [-0.15, -0.1) is 0 Å². The largest absolute Gasteiger partial charge is 0.443 e. The van der Waals surface area contributed by atoms with Crippen LogP contribution in [0.1, 0.15) is 25.7 Å². The molecule has 2 atom stereocenters. The molecule has 0 aromatic heterocycles. The first-order valence-corrected chi connectivity index (χ1v) is 7.20. The zero-order valence-electron chi connectivity index (χ0n) is 10.9. The van der Waals surface area contributed by atoms with Gasteiger partial charge in [0.1, 0.15) is 6.10 Å². The molecular formula is C13H23N3O2. The minimum atomic E-state index is -0.259. The molecule has 5 nitrogen and oxygen atoms in total. The smallest absolute Gasteiger partial charge is 0.407 e. The maximum Gasteiger partial charge on any atom is 0.407 e. The average Bonchev–Trinajstić information content (AvgIpc) is 2.84. The van der Waals surface area contributed by atoms with Crippen molar-refractivity contribution in [1.29, 1.82) is 0 Å². The normalized spacial score (nSPS) is 31.7. The van der Waals surface area contributed by atoms with Crippen LogP contribution in [0.5, 0.6) is 0 Å². The van der Waals surface area contributed by atoms with Crippen molar-refractivity contribution in [3.63, 3.8) is 0 Å². The third kappa shape index (κ3) is 3.36. The second-order valence-electron chi connectivity index (χ2n) is 5.86. The number of carbonyl (C=O) groups excluding carboxylic acids is 1. The number of nitrogens with one attached hydrogen (secondary N) is 2. The molecule has 0 aromatic carbocycles. The fraction of sp³-hybridized carbons (Fsp3) is 0.923. The second kappa shape index (κ2) is 5.45. The van der Waals surface area contributed by atoms with Crippen molar-refractivity contribution < 1.29 is 9.53 Å². The molecule has 3 rings (SSSR count). The third-order valence-corrected chi connectivity index (χ3v) is 4.06. The molecule has 3 aliphatic rings. The molecule has 2 heterocycles. The summed E-state index contributed by atoms with van der Waals surface area (Å²) in [5.74, 6) is 0.886. The van der Waals surface area contributed by atoms with E-state index in [1.165, 1.54) is 32.2 Å². The molecule has 2 aliphatic heterocycles. The van der Waals surface area contributed by atoms with Gasteiger partial charge in [0.2, 0.25) is 0 Å². The highest BCUT2D eigenvalue weighted by Gasteiger charge is 2.30. The summed E-state index contributed by atoms with van der Waals surface area (Å²) < 4.78 is 5.25. The lowest BCUT2D eigenvalue weighted by atomic mass is 10.2. The molecule has 102 valence electrons. The zero-order valence-corrected chi connectivity index (χ0v) is 10.9. The van der Waals surface area contributed by atoms with E-state index in [1.807, 2.05) is 0 Å². The van der Waals surface area contributed by atoms with E-state index >= 15 is 0 Å². The summed E-state index contributed by atoms with van der Waals surface area (Å²) in [7, 11) is 0. The molecule has 0 spiro atoms. The lowest BCUT2D eigenvalue weighted by Gasteiger charge is -2.27. The van der Waals surface area contributed by atoms with E-state index in [4.69, 9.17) is 4.74 Å². The van der Waals surface area contributed by atoms with Gasteiger partial charge in [0.25, 0.3) is 0 Å². The van der Waals surface area contributed by atoms with E-state index in [0.717, 1.165) is 25.6 Å². The molecule has 1 aliphatic carbocycles. The van der Waals surface area contributed by atoms with E-state index in [-0.39, 0.29) is 12.2 Å². The second-order valence-corrected chi connectivity index (χ2v) is 5.86. The Morgan fingerprint density at radius 1 is 1.22 bits per heavy atom. The van der Waals surface area contributed by atoms with E-state index in [2.05, 4.69) is 15.5 Å². The van der Waals surface area contributed by atoms with E-state index < -0.39 is 0 Å². The Balaban J connectivity index is 1.49. The maximum atomic E-state index is 11.0. The van der Waals surface area contributed by atoms with Gasteiger partial charge < -0.3 is 15.4 Å². The quantitative estimate of drug-likeness (QED) is 0.726. The molecule has 5 heteroatoms. The highest BCUT2D eigenvalue weighted by Crippen LogP contribution is 2.30. The van der Waals surface area contributed by atoms with Crippen LogP contribution in [0.4, 0.5) is 4.79 Å². The third-order valence-electron chi connectivity index (χ3n) is 4.06. The first-order chi connectivity index (χ1) is 8.79. The van der Waals surface area contributed by atoms with Gasteiger partial charge in [-0.25, -0.2) is 4.79 Å². The van der Waals surface area contributed by atoms with Crippen LogP contribution >= 0.6 is 0 Å². The molecule has 2 saturated heterocycles. The first kappa shape index (κ1) is 12.2. The number of carbonyl (C=O) groups is 1. The summed E-state index contributed by atoms with van der Waals surface area (Å²) in [6, 6.07) is 0.633. The van der Waals surface area contributed by atoms with Gasteiger partial charge in [0.05, 0.1) is 6.54 Å². The average molecular weight is 253 g/mol. The molecule has 0 bridgehead atoms. The van der Waals surface area contributed by atoms with Crippen LogP contribution in [-0.4, -0.2) is 55.9 Å². The lowest BCUT2D eigenvalue weighted by molar-refractivity contribution is 0.103. The van der Waals surface area contributed by atoms with Crippen molar-refractivity contribution in [2.24, 2.45) is 5.92 Å². The van der Waals surface area contributed by atoms with Gasteiger partial charge in [0, 0.05) is 25.7 Å². The molecule has 2 unspecified atom stereocenters. The summed E-state index contributed by atoms with van der Waals surface area (Å²) in [5.41, 5.74) is 0. The number of hydrogen-bond acceptors (Lipinski definition) is 4. The van der Waals surface area contributed by atoms with Crippen molar-refractivity contribution in [2.45, 2.75) is 37.8 Å². The van der Waals surface area contributed by atoms with Crippen molar-refractivity contribution in [2.75, 3.05) is 32.7 Å². The molecular weight excluding hydrogens is 230 g/mol. The number of alkyl carbamates (subject to hydrolysis) is 1. The zero-order chi connectivity index (χ0) is 12.4. The number of nitrogens with zero attached hydrogens (tertiary/aromatic N) is 1. The van der Waals surface area contributed by atoms with Gasteiger partial charge >= 0.3 is 6.09 Å². The summed E-state index contributed by atoms with van der Waals surface area (Å²) in [4.78, 5) is 13.5. The Kier molecular flexibility index (Phi) is 3.70. The molecule has 3 fully saturated rings. The van der Waals surface area contributed by atoms with Crippen molar-refractivity contribution in [3.05, 3.63) is 0 Å². The van der Waals surface area contributed by atoms with Crippen LogP contribution in [0.25, 0.3) is 0 Å². The molecule has 1 amide bonds. The lowest BCUT2D eigenvalue weighted by Crippen LogP contribution is -2.43. The summed E-state index contributed by atoms with van der Waals surface area (Å²) in [6.07, 6.45) is 5.10. The number of hydrogen-bond donors (Lipinski definition) is 2. The van der Waals surface area contributed by atoms with Crippen molar-refractivity contribution >= 4 is 6.09 Å². The SMILES string of the molecule is O=C1NCC(CN(CC2CC2)CC2CCCN2)O1. The number of amides is 1. The van der Waals surface area contributed by atoms with E-state index in [9.17, 15) is 4.79 Å².